The lowest BCUT2D eigenvalue weighted by Gasteiger charge is -2.33. The average Bonchev–Trinajstić information content (AvgIpc) is 3.38. The summed E-state index contributed by atoms with van der Waals surface area (Å²) in [6.45, 7) is 4.66. The number of hydrogen-bond acceptors (Lipinski definition) is 6. The number of Topliss-reactive ketones (excluding diaryl/α,β-unsaturated/α-hetero) is 1. The lowest BCUT2D eigenvalue weighted by molar-refractivity contribution is -0.138. The molecule has 42 heavy (non-hydrogen) atoms. The molecule has 0 atom stereocenters. The van der Waals surface area contributed by atoms with Crippen LogP contribution in [0.1, 0.15) is 44.5 Å². The van der Waals surface area contributed by atoms with Crippen molar-refractivity contribution in [1.82, 2.24) is 19.8 Å². The number of nitrogens with zero attached hydrogens (tertiary/aromatic N) is 3. The van der Waals surface area contributed by atoms with Crippen LogP contribution in [0.5, 0.6) is 0 Å². The zero-order valence-electron chi connectivity index (χ0n) is 23.1. The van der Waals surface area contributed by atoms with Crippen molar-refractivity contribution in [2.75, 3.05) is 43.9 Å². The predicted octanol–water partition coefficient (Wildman–Crippen LogP) is 5.54. The number of hydrogen-bond donors (Lipinski definition) is 3. The van der Waals surface area contributed by atoms with Crippen LogP contribution in [0.25, 0.3) is 11.0 Å². The maximum Gasteiger partial charge on any atom is 0.416 e. The summed E-state index contributed by atoms with van der Waals surface area (Å²) in [5, 5.41) is 6.32. The summed E-state index contributed by atoms with van der Waals surface area (Å²) in [5.74, 6) is -1.68. The predicted molar refractivity (Wildman–Crippen MR) is 152 cm³/mol. The number of rotatable bonds is 8. The fraction of sp³-hybridized carbons (Fsp3) is 0.300. The van der Waals surface area contributed by atoms with Crippen LogP contribution in [-0.4, -0.2) is 64.7 Å². The molecule has 0 spiro atoms. The van der Waals surface area contributed by atoms with Gasteiger partial charge in [0.05, 0.1) is 28.8 Å². The van der Waals surface area contributed by atoms with Gasteiger partial charge in [0.2, 0.25) is 0 Å². The van der Waals surface area contributed by atoms with E-state index in [2.05, 4.69) is 25.5 Å². The molecule has 1 fully saturated rings. The topological polar surface area (TPSA) is 93.4 Å². The van der Waals surface area contributed by atoms with E-state index in [-0.39, 0.29) is 35.7 Å². The number of anilines is 2. The monoisotopic (exact) mass is 582 g/mol. The van der Waals surface area contributed by atoms with Gasteiger partial charge in [-0.25, -0.2) is 9.37 Å². The molecule has 0 aliphatic carbocycles. The third-order valence-electron chi connectivity index (χ3n) is 7.29. The van der Waals surface area contributed by atoms with E-state index in [0.717, 1.165) is 24.5 Å². The number of carbonyl (C=O) groups excluding carboxylic acids is 2. The van der Waals surface area contributed by atoms with Crippen molar-refractivity contribution in [3.8, 4) is 0 Å². The fourth-order valence-electron chi connectivity index (χ4n) is 4.84. The molecule has 4 aromatic rings. The highest BCUT2D eigenvalue weighted by atomic mass is 19.4. The second-order valence-electron chi connectivity index (χ2n) is 10.5. The summed E-state index contributed by atoms with van der Waals surface area (Å²) < 4.78 is 56.5. The SMILES string of the molecule is CC(=O)c1cc2cc(NCc3ccc(F)c(NC(=O)c4ccc(CN5CCN(C)CC5)c(C(F)(F)F)c4)c3)cnc2[nH]1. The number of piperazine rings is 1. The van der Waals surface area contributed by atoms with Crippen molar-refractivity contribution >= 4 is 34.1 Å². The molecule has 1 aliphatic rings. The van der Waals surface area contributed by atoms with Gasteiger partial charge in [0, 0.05) is 57.1 Å². The maximum atomic E-state index is 14.6. The van der Waals surface area contributed by atoms with Gasteiger partial charge in [-0.1, -0.05) is 12.1 Å². The molecule has 0 radical (unpaired) electrons. The molecule has 1 amide bonds. The maximum absolute atomic E-state index is 14.6. The Kier molecular flexibility index (Phi) is 8.28. The number of carbonyl (C=O) groups is 2. The molecule has 3 N–H and O–H groups in total. The number of H-pyrrole nitrogens is 1. The first-order chi connectivity index (χ1) is 20.0. The van der Waals surface area contributed by atoms with Crippen LogP contribution in [-0.2, 0) is 19.3 Å². The number of pyridine rings is 1. The molecule has 5 rings (SSSR count). The Hall–Kier alpha value is -4.29. The van der Waals surface area contributed by atoms with Gasteiger partial charge in [-0.3, -0.25) is 14.5 Å². The second kappa shape index (κ2) is 11.9. The van der Waals surface area contributed by atoms with Crippen molar-refractivity contribution in [3.05, 3.63) is 88.5 Å². The van der Waals surface area contributed by atoms with Gasteiger partial charge < -0.3 is 20.5 Å². The minimum atomic E-state index is -4.65. The van der Waals surface area contributed by atoms with Crippen LogP contribution >= 0.6 is 0 Å². The second-order valence-corrected chi connectivity index (χ2v) is 10.5. The number of ketones is 1. The van der Waals surface area contributed by atoms with E-state index in [1.165, 1.54) is 37.3 Å². The molecule has 12 heteroatoms. The summed E-state index contributed by atoms with van der Waals surface area (Å²) in [6, 6.07) is 11.1. The molecular weight excluding hydrogens is 552 g/mol. The van der Waals surface area contributed by atoms with Crippen LogP contribution in [0.15, 0.2) is 54.7 Å². The summed E-state index contributed by atoms with van der Waals surface area (Å²) in [6.07, 6.45) is -3.07. The van der Waals surface area contributed by atoms with Crippen molar-refractivity contribution in [3.63, 3.8) is 0 Å². The molecule has 2 aromatic carbocycles. The third-order valence-corrected chi connectivity index (χ3v) is 7.29. The standard InChI is InChI=1S/C30H30F4N6O2/c1-18(41)26-14-22-12-23(16-36-28(22)37-26)35-15-19-3-6-25(31)27(11-19)38-29(42)20-4-5-21(24(13-20)30(32,33)34)17-40-9-7-39(2)8-10-40/h3-6,11-14,16,35H,7-10,15,17H2,1-2H3,(H,36,37)(H,38,42). The van der Waals surface area contributed by atoms with Gasteiger partial charge in [0.1, 0.15) is 11.5 Å². The van der Waals surface area contributed by atoms with Gasteiger partial charge in [-0.05, 0) is 54.6 Å². The van der Waals surface area contributed by atoms with Crippen LogP contribution in [0.4, 0.5) is 28.9 Å². The lowest BCUT2D eigenvalue weighted by atomic mass is 10.0. The van der Waals surface area contributed by atoms with E-state index in [4.69, 9.17) is 0 Å². The molecule has 1 saturated heterocycles. The average molecular weight is 583 g/mol. The van der Waals surface area contributed by atoms with E-state index in [9.17, 15) is 27.2 Å². The highest BCUT2D eigenvalue weighted by molar-refractivity contribution is 6.04. The highest BCUT2D eigenvalue weighted by Crippen LogP contribution is 2.34. The number of halogens is 4. The fourth-order valence-corrected chi connectivity index (χ4v) is 4.84. The smallest absolute Gasteiger partial charge is 0.380 e. The van der Waals surface area contributed by atoms with Crippen LogP contribution in [0, 0.1) is 5.82 Å². The van der Waals surface area contributed by atoms with Gasteiger partial charge >= 0.3 is 6.18 Å². The summed E-state index contributed by atoms with van der Waals surface area (Å²) in [7, 11) is 1.97. The minimum absolute atomic E-state index is 0.0905. The number of aromatic amines is 1. The minimum Gasteiger partial charge on any atom is -0.380 e. The van der Waals surface area contributed by atoms with Crippen LogP contribution in [0.2, 0.25) is 0 Å². The van der Waals surface area contributed by atoms with E-state index in [1.807, 2.05) is 18.0 Å². The number of aromatic nitrogens is 2. The van der Waals surface area contributed by atoms with Crippen molar-refractivity contribution in [2.24, 2.45) is 0 Å². The largest absolute Gasteiger partial charge is 0.416 e. The van der Waals surface area contributed by atoms with E-state index in [1.54, 1.807) is 12.3 Å². The number of benzene rings is 2. The van der Waals surface area contributed by atoms with Gasteiger partial charge in [0.25, 0.3) is 5.91 Å². The normalized spacial score (nSPS) is 14.7. The number of likely N-dealkylation sites (N-methyl/N-ethyl adjacent to an activating group) is 1. The first-order valence-electron chi connectivity index (χ1n) is 13.4. The van der Waals surface area contributed by atoms with E-state index >= 15 is 0 Å². The Morgan fingerprint density at radius 1 is 1.02 bits per heavy atom. The molecular formula is C30H30F4N6O2. The molecule has 3 heterocycles. The molecule has 2 aromatic heterocycles. The Labute approximate surface area is 239 Å². The zero-order valence-corrected chi connectivity index (χ0v) is 23.1. The molecule has 8 nitrogen and oxygen atoms in total. The Morgan fingerprint density at radius 2 is 1.79 bits per heavy atom. The zero-order chi connectivity index (χ0) is 30.0. The first-order valence-corrected chi connectivity index (χ1v) is 13.4. The molecule has 1 aliphatic heterocycles. The van der Waals surface area contributed by atoms with Crippen LogP contribution in [0.3, 0.4) is 0 Å². The van der Waals surface area contributed by atoms with Crippen molar-refractivity contribution in [2.45, 2.75) is 26.2 Å². The van der Waals surface area contributed by atoms with Gasteiger partial charge in [-0.15, -0.1) is 0 Å². The quantitative estimate of drug-likeness (QED) is 0.187. The summed E-state index contributed by atoms with van der Waals surface area (Å²) in [5.41, 5.74) is 1.12. The number of fused-ring (bicyclic) bond motifs is 1. The van der Waals surface area contributed by atoms with Crippen LogP contribution < -0.4 is 10.6 Å². The number of alkyl halides is 3. The molecule has 0 saturated carbocycles. The Balaban J connectivity index is 1.28. The number of amides is 1. The van der Waals surface area contributed by atoms with E-state index in [0.29, 0.717) is 35.7 Å². The number of nitrogens with one attached hydrogen (secondary N) is 3. The van der Waals surface area contributed by atoms with E-state index < -0.39 is 23.5 Å². The Bertz CT molecular complexity index is 1630. The first kappa shape index (κ1) is 29.2. The van der Waals surface area contributed by atoms with Gasteiger partial charge in [-0.2, -0.15) is 13.2 Å². The van der Waals surface area contributed by atoms with Crippen molar-refractivity contribution < 1.29 is 27.2 Å². The highest BCUT2D eigenvalue weighted by Gasteiger charge is 2.34. The Morgan fingerprint density at radius 3 is 2.50 bits per heavy atom. The summed E-state index contributed by atoms with van der Waals surface area (Å²) >= 11 is 0. The molecule has 220 valence electrons. The molecule has 0 unspecified atom stereocenters. The third kappa shape index (κ3) is 6.77. The molecule has 0 bridgehead atoms. The summed E-state index contributed by atoms with van der Waals surface area (Å²) in [4.78, 5) is 35.8. The van der Waals surface area contributed by atoms with Crippen molar-refractivity contribution in [1.29, 1.82) is 0 Å². The van der Waals surface area contributed by atoms with Gasteiger partial charge in [0.15, 0.2) is 5.78 Å². The lowest BCUT2D eigenvalue weighted by Crippen LogP contribution is -2.44.